The number of H-pyrrole nitrogens is 1. The Morgan fingerprint density at radius 3 is 2.81 bits per heavy atom. The van der Waals surface area contributed by atoms with Gasteiger partial charge in [0.25, 0.3) is 0 Å². The largest absolute Gasteiger partial charge is 0.381 e. The molecule has 5 rings (SSSR count). The third-order valence-electron chi connectivity index (χ3n) is 5.44. The summed E-state index contributed by atoms with van der Waals surface area (Å²) in [4.78, 5) is 18.0. The minimum atomic E-state index is 0.0317. The number of fused-ring (bicyclic) bond motifs is 1. The Bertz CT molecular complexity index is 1120. The molecular formula is C22H25N7O2S. The molecule has 3 aromatic rings. The van der Waals surface area contributed by atoms with Crippen LogP contribution in [0, 0.1) is 12.8 Å². The summed E-state index contributed by atoms with van der Waals surface area (Å²) in [5.74, 6) is 2.68. The minimum Gasteiger partial charge on any atom is -0.381 e. The summed E-state index contributed by atoms with van der Waals surface area (Å²) in [6.45, 7) is 3.95. The van der Waals surface area contributed by atoms with Crippen molar-refractivity contribution in [3.8, 4) is 0 Å². The van der Waals surface area contributed by atoms with Crippen LogP contribution in [0.15, 0.2) is 53.8 Å². The van der Waals surface area contributed by atoms with Gasteiger partial charge in [-0.15, -0.1) is 0 Å². The van der Waals surface area contributed by atoms with E-state index in [1.54, 1.807) is 18.1 Å². The summed E-state index contributed by atoms with van der Waals surface area (Å²) in [7, 11) is 0. The van der Waals surface area contributed by atoms with E-state index in [2.05, 4.69) is 30.1 Å². The van der Waals surface area contributed by atoms with Crippen LogP contribution < -0.4 is 10.6 Å². The molecule has 0 radical (unpaired) electrons. The Kier molecular flexibility index (Phi) is 5.87. The number of benzene rings is 1. The lowest BCUT2D eigenvalue weighted by Gasteiger charge is -2.26. The molecule has 2 aromatic heterocycles. The maximum absolute atomic E-state index is 12.4. The van der Waals surface area contributed by atoms with Crippen LogP contribution >= 0.6 is 11.9 Å². The third-order valence-corrected chi connectivity index (χ3v) is 6.39. The van der Waals surface area contributed by atoms with Gasteiger partial charge in [-0.25, -0.2) is 4.98 Å². The molecule has 0 aliphatic carbocycles. The highest BCUT2D eigenvalue weighted by molar-refractivity contribution is 7.97. The third kappa shape index (κ3) is 4.66. The average molecular weight is 452 g/mol. The van der Waals surface area contributed by atoms with Crippen molar-refractivity contribution in [3.63, 3.8) is 0 Å². The van der Waals surface area contributed by atoms with Crippen LogP contribution in [0.3, 0.4) is 0 Å². The first-order chi connectivity index (χ1) is 15.6. The molecule has 9 nitrogen and oxygen atoms in total. The Labute approximate surface area is 190 Å². The van der Waals surface area contributed by atoms with E-state index in [4.69, 9.17) is 4.74 Å². The number of rotatable bonds is 6. The van der Waals surface area contributed by atoms with Crippen molar-refractivity contribution < 1.29 is 9.53 Å². The van der Waals surface area contributed by atoms with Crippen molar-refractivity contribution in [2.75, 3.05) is 23.8 Å². The van der Waals surface area contributed by atoms with Crippen LogP contribution in [0.2, 0.25) is 0 Å². The van der Waals surface area contributed by atoms with Crippen molar-refractivity contribution >= 4 is 35.2 Å². The summed E-state index contributed by atoms with van der Waals surface area (Å²) in [6, 6.07) is 9.88. The van der Waals surface area contributed by atoms with E-state index in [0.717, 1.165) is 46.6 Å². The number of aromatic nitrogens is 4. The maximum Gasteiger partial charge on any atom is 0.227 e. The molecular weight excluding hydrogens is 426 g/mol. The standard InChI is InChI=1S/C22H25N7O2S/c1-15-12-19(27-26-15)25-21-14-28(13-20-23-8-9-29(20)21)32-18-4-2-17(3-5-18)24-22(30)16-6-10-31-11-7-16/h2-5,8-9,12,14,16H,6-7,10-11,13H2,1H3,(H,24,30)(H2,25,26,27). The van der Waals surface area contributed by atoms with Gasteiger partial charge in [0.05, 0.1) is 12.7 Å². The second-order valence-corrected chi connectivity index (χ2v) is 8.98. The first-order valence-corrected chi connectivity index (χ1v) is 11.4. The van der Waals surface area contributed by atoms with Gasteiger partial charge in [-0.1, -0.05) is 0 Å². The van der Waals surface area contributed by atoms with Gasteiger partial charge in [0.1, 0.15) is 11.6 Å². The van der Waals surface area contributed by atoms with Crippen molar-refractivity contribution in [1.82, 2.24) is 24.1 Å². The second kappa shape index (κ2) is 9.09. The zero-order valence-electron chi connectivity index (χ0n) is 17.7. The normalized spacial score (nSPS) is 16.4. The number of imidazole rings is 1. The lowest BCUT2D eigenvalue weighted by Crippen LogP contribution is -2.28. The van der Waals surface area contributed by atoms with Gasteiger partial charge in [-0.2, -0.15) is 5.10 Å². The Morgan fingerprint density at radius 2 is 2.06 bits per heavy atom. The number of nitrogens with zero attached hydrogens (tertiary/aromatic N) is 4. The van der Waals surface area contributed by atoms with Gasteiger partial charge in [0.2, 0.25) is 5.91 Å². The Morgan fingerprint density at radius 1 is 1.25 bits per heavy atom. The van der Waals surface area contributed by atoms with E-state index >= 15 is 0 Å². The fourth-order valence-corrected chi connectivity index (χ4v) is 4.62. The summed E-state index contributed by atoms with van der Waals surface area (Å²) >= 11 is 1.61. The molecule has 32 heavy (non-hydrogen) atoms. The van der Waals surface area contributed by atoms with E-state index in [1.165, 1.54) is 0 Å². The molecule has 3 N–H and O–H groups in total. The molecule has 166 valence electrons. The van der Waals surface area contributed by atoms with Crippen LogP contribution in [0.1, 0.15) is 24.4 Å². The van der Waals surface area contributed by atoms with Crippen molar-refractivity contribution in [3.05, 3.63) is 60.4 Å². The van der Waals surface area contributed by atoms with E-state index in [0.29, 0.717) is 19.8 Å². The van der Waals surface area contributed by atoms with Gasteiger partial charge < -0.3 is 19.7 Å². The molecule has 0 unspecified atom stereocenters. The average Bonchev–Trinajstić information content (AvgIpc) is 3.44. The number of hydrogen-bond acceptors (Lipinski definition) is 7. The lowest BCUT2D eigenvalue weighted by molar-refractivity contribution is -0.122. The molecule has 0 bridgehead atoms. The topological polar surface area (TPSA) is 100 Å². The fraction of sp³-hybridized carbons (Fsp3) is 0.318. The number of nitrogens with one attached hydrogen (secondary N) is 3. The number of carbonyl (C=O) groups excluding carboxylic acids is 1. The number of hydrogen-bond donors (Lipinski definition) is 3. The SMILES string of the molecule is Cc1cc(NC2=CN(Sc3ccc(NC(=O)C4CCOCC4)cc3)Cc3nccn32)n[nH]1. The number of carbonyl (C=O) groups is 1. The molecule has 0 spiro atoms. The summed E-state index contributed by atoms with van der Waals surface area (Å²) in [5, 5.41) is 13.6. The number of ether oxygens (including phenoxy) is 1. The van der Waals surface area contributed by atoms with Crippen LogP contribution in [0.5, 0.6) is 0 Å². The van der Waals surface area contributed by atoms with E-state index in [-0.39, 0.29) is 11.8 Å². The predicted molar refractivity (Wildman–Crippen MR) is 123 cm³/mol. The summed E-state index contributed by atoms with van der Waals surface area (Å²) < 4.78 is 9.49. The molecule has 2 aliphatic heterocycles. The first kappa shape index (κ1) is 20.7. The van der Waals surface area contributed by atoms with E-state index in [9.17, 15) is 4.79 Å². The molecule has 1 aromatic carbocycles. The van der Waals surface area contributed by atoms with Gasteiger partial charge in [-0.3, -0.25) is 14.5 Å². The Hall–Kier alpha value is -3.24. The van der Waals surface area contributed by atoms with Crippen LogP contribution in [0.25, 0.3) is 5.82 Å². The highest BCUT2D eigenvalue weighted by Gasteiger charge is 2.22. The smallest absolute Gasteiger partial charge is 0.227 e. The molecule has 1 saturated heterocycles. The Balaban J connectivity index is 1.25. The second-order valence-electron chi connectivity index (χ2n) is 7.86. The van der Waals surface area contributed by atoms with Crippen molar-refractivity contribution in [1.29, 1.82) is 0 Å². The van der Waals surface area contributed by atoms with Crippen molar-refractivity contribution in [2.45, 2.75) is 31.2 Å². The van der Waals surface area contributed by atoms with Crippen LogP contribution in [-0.4, -0.2) is 43.2 Å². The number of anilines is 2. The van der Waals surface area contributed by atoms with E-state index < -0.39 is 0 Å². The van der Waals surface area contributed by atoms with Gasteiger partial charge in [-0.05, 0) is 56.0 Å². The molecule has 1 fully saturated rings. The maximum atomic E-state index is 12.4. The summed E-state index contributed by atoms with van der Waals surface area (Å²) in [6.07, 6.45) is 7.34. The van der Waals surface area contributed by atoms with Gasteiger partial charge in [0.15, 0.2) is 5.82 Å². The minimum absolute atomic E-state index is 0.0317. The van der Waals surface area contributed by atoms with Crippen molar-refractivity contribution in [2.24, 2.45) is 5.92 Å². The van der Waals surface area contributed by atoms with Crippen LogP contribution in [0.4, 0.5) is 11.5 Å². The molecule has 2 aliphatic rings. The highest BCUT2D eigenvalue weighted by atomic mass is 32.2. The molecule has 1 amide bonds. The fourth-order valence-electron chi connectivity index (χ4n) is 3.76. The molecule has 10 heteroatoms. The quantitative estimate of drug-likeness (QED) is 0.492. The highest BCUT2D eigenvalue weighted by Crippen LogP contribution is 2.31. The molecule has 0 atom stereocenters. The molecule has 0 saturated carbocycles. The van der Waals surface area contributed by atoms with Gasteiger partial charge in [0, 0.05) is 53.9 Å². The number of aromatic amines is 1. The van der Waals surface area contributed by atoms with E-state index in [1.807, 2.05) is 54.2 Å². The summed E-state index contributed by atoms with van der Waals surface area (Å²) in [5.41, 5.74) is 1.80. The zero-order valence-corrected chi connectivity index (χ0v) is 18.6. The number of aryl methyl sites for hydroxylation is 1. The zero-order chi connectivity index (χ0) is 21.9. The number of amides is 1. The monoisotopic (exact) mass is 451 g/mol. The molecule has 4 heterocycles. The first-order valence-electron chi connectivity index (χ1n) is 10.6. The van der Waals surface area contributed by atoms with Crippen LogP contribution in [-0.2, 0) is 16.1 Å². The predicted octanol–water partition coefficient (Wildman–Crippen LogP) is 3.67. The van der Waals surface area contributed by atoms with Gasteiger partial charge >= 0.3 is 0 Å². The lowest BCUT2D eigenvalue weighted by atomic mass is 9.99.